The van der Waals surface area contributed by atoms with E-state index in [1.54, 1.807) is 12.2 Å². The summed E-state index contributed by atoms with van der Waals surface area (Å²) in [6.45, 7) is 6.11. The van der Waals surface area contributed by atoms with Gasteiger partial charge in [0.25, 0.3) is 0 Å². The summed E-state index contributed by atoms with van der Waals surface area (Å²) < 4.78 is 10.8. The van der Waals surface area contributed by atoms with Crippen molar-refractivity contribution in [3.05, 3.63) is 66.5 Å². The van der Waals surface area contributed by atoms with Crippen molar-refractivity contribution in [3.63, 3.8) is 0 Å². The van der Waals surface area contributed by atoms with Crippen LogP contribution in [0.5, 0.6) is 5.75 Å². The van der Waals surface area contributed by atoms with Gasteiger partial charge in [0, 0.05) is 0 Å². The summed E-state index contributed by atoms with van der Waals surface area (Å²) in [6, 6.07) is 7.53. The Kier molecular flexibility index (Phi) is 6.98. The number of benzene rings is 1. The molecular weight excluding hydrogens is 240 g/mol. The average molecular weight is 258 g/mol. The molecule has 100 valence electrons. The SMILES string of the molecule is C=C/C=C(\C=C/C)Oc1ccc(COCC=O)cc1. The van der Waals surface area contributed by atoms with Crippen LogP contribution >= 0.6 is 0 Å². The smallest absolute Gasteiger partial charge is 0.145 e. The van der Waals surface area contributed by atoms with E-state index in [-0.39, 0.29) is 6.61 Å². The molecule has 0 aliphatic carbocycles. The lowest BCUT2D eigenvalue weighted by Crippen LogP contribution is -1.96. The van der Waals surface area contributed by atoms with Gasteiger partial charge in [-0.25, -0.2) is 0 Å². The molecule has 1 aromatic carbocycles. The quantitative estimate of drug-likeness (QED) is 0.310. The molecule has 0 atom stereocenters. The normalized spacial score (nSPS) is 11.5. The minimum Gasteiger partial charge on any atom is -0.457 e. The lowest BCUT2D eigenvalue weighted by molar-refractivity contribution is -0.112. The monoisotopic (exact) mass is 258 g/mol. The molecule has 0 N–H and O–H groups in total. The Balaban J connectivity index is 2.62. The first kappa shape index (κ1) is 14.9. The van der Waals surface area contributed by atoms with Crippen molar-refractivity contribution >= 4 is 6.29 Å². The van der Waals surface area contributed by atoms with Crippen LogP contribution in [-0.4, -0.2) is 12.9 Å². The third-order valence-electron chi connectivity index (χ3n) is 2.23. The van der Waals surface area contributed by atoms with Crippen LogP contribution in [0, 0.1) is 0 Å². The van der Waals surface area contributed by atoms with Crippen LogP contribution in [0.2, 0.25) is 0 Å². The molecule has 0 amide bonds. The Bertz CT molecular complexity index is 455. The molecule has 0 saturated heterocycles. The average Bonchev–Trinajstić information content (AvgIpc) is 2.42. The molecule has 0 saturated carbocycles. The maximum absolute atomic E-state index is 10.1. The molecule has 19 heavy (non-hydrogen) atoms. The van der Waals surface area contributed by atoms with E-state index in [4.69, 9.17) is 9.47 Å². The maximum Gasteiger partial charge on any atom is 0.145 e. The highest BCUT2D eigenvalue weighted by Crippen LogP contribution is 2.16. The molecule has 0 aliphatic rings. The van der Waals surface area contributed by atoms with Crippen LogP contribution in [0.3, 0.4) is 0 Å². The van der Waals surface area contributed by atoms with Gasteiger partial charge in [-0.05, 0) is 36.8 Å². The summed E-state index contributed by atoms with van der Waals surface area (Å²) >= 11 is 0. The van der Waals surface area contributed by atoms with Gasteiger partial charge in [-0.1, -0.05) is 30.9 Å². The first-order chi connectivity index (χ1) is 9.30. The molecule has 0 aliphatic heterocycles. The third kappa shape index (κ3) is 5.84. The number of rotatable bonds is 8. The van der Waals surface area contributed by atoms with Gasteiger partial charge in [0.15, 0.2) is 0 Å². The number of allylic oxidation sites excluding steroid dienone is 4. The van der Waals surface area contributed by atoms with Gasteiger partial charge < -0.3 is 14.3 Å². The first-order valence-electron chi connectivity index (χ1n) is 6.03. The van der Waals surface area contributed by atoms with Crippen LogP contribution < -0.4 is 4.74 Å². The predicted octanol–water partition coefficient (Wildman–Crippen LogP) is 3.43. The van der Waals surface area contributed by atoms with Crippen molar-refractivity contribution in [2.24, 2.45) is 0 Å². The Morgan fingerprint density at radius 1 is 1.32 bits per heavy atom. The standard InChI is InChI=1S/C16H18O3/c1-3-5-15(6-4-2)19-16-9-7-14(8-10-16)13-18-12-11-17/h3-11H,1,12-13H2,2H3/b6-4-,15-5+. The molecule has 0 radical (unpaired) electrons. The van der Waals surface area contributed by atoms with E-state index in [1.165, 1.54) is 0 Å². The van der Waals surface area contributed by atoms with Gasteiger partial charge in [-0.15, -0.1) is 0 Å². The van der Waals surface area contributed by atoms with E-state index >= 15 is 0 Å². The fourth-order valence-electron chi connectivity index (χ4n) is 1.42. The second-order valence-corrected chi connectivity index (χ2v) is 3.73. The molecule has 0 fully saturated rings. The van der Waals surface area contributed by atoms with Crippen molar-refractivity contribution in [2.75, 3.05) is 6.61 Å². The summed E-state index contributed by atoms with van der Waals surface area (Å²) in [5.41, 5.74) is 0.995. The molecule has 0 bridgehead atoms. The van der Waals surface area contributed by atoms with Crippen LogP contribution in [0.25, 0.3) is 0 Å². The van der Waals surface area contributed by atoms with Gasteiger partial charge >= 0.3 is 0 Å². The zero-order valence-corrected chi connectivity index (χ0v) is 11.0. The molecule has 3 nitrogen and oxygen atoms in total. The zero-order chi connectivity index (χ0) is 13.9. The van der Waals surface area contributed by atoms with Gasteiger partial charge in [0.2, 0.25) is 0 Å². The van der Waals surface area contributed by atoms with E-state index in [9.17, 15) is 4.79 Å². The number of carbonyl (C=O) groups excluding carboxylic acids is 1. The summed E-state index contributed by atoms with van der Waals surface area (Å²) in [5, 5.41) is 0. The Hall–Kier alpha value is -2.13. The highest BCUT2D eigenvalue weighted by molar-refractivity contribution is 5.50. The van der Waals surface area contributed by atoms with Crippen molar-refractivity contribution in [1.29, 1.82) is 0 Å². The lowest BCUT2D eigenvalue weighted by atomic mass is 10.2. The topological polar surface area (TPSA) is 35.5 Å². The highest BCUT2D eigenvalue weighted by atomic mass is 16.5. The first-order valence-corrected chi connectivity index (χ1v) is 6.03. The molecule has 0 aromatic heterocycles. The molecule has 0 heterocycles. The molecule has 1 rings (SSSR count). The van der Waals surface area contributed by atoms with E-state index in [0.717, 1.165) is 23.4 Å². The number of hydrogen-bond acceptors (Lipinski definition) is 3. The van der Waals surface area contributed by atoms with Crippen LogP contribution in [-0.2, 0) is 16.1 Å². The second-order valence-electron chi connectivity index (χ2n) is 3.73. The highest BCUT2D eigenvalue weighted by Gasteiger charge is 1.98. The third-order valence-corrected chi connectivity index (χ3v) is 2.23. The largest absolute Gasteiger partial charge is 0.457 e. The van der Waals surface area contributed by atoms with Gasteiger partial charge in [-0.3, -0.25) is 0 Å². The van der Waals surface area contributed by atoms with Crippen LogP contribution in [0.15, 0.2) is 60.9 Å². The number of aldehydes is 1. The van der Waals surface area contributed by atoms with Gasteiger partial charge in [0.1, 0.15) is 24.4 Å². The van der Waals surface area contributed by atoms with Crippen molar-refractivity contribution < 1.29 is 14.3 Å². The summed E-state index contributed by atoms with van der Waals surface area (Å²) in [6.07, 6.45) is 7.97. The Morgan fingerprint density at radius 2 is 2.05 bits per heavy atom. The van der Waals surface area contributed by atoms with E-state index < -0.39 is 0 Å². The van der Waals surface area contributed by atoms with Gasteiger partial charge in [-0.2, -0.15) is 0 Å². The molecule has 3 heteroatoms. The van der Waals surface area contributed by atoms with Crippen molar-refractivity contribution in [3.8, 4) is 5.75 Å². The molecule has 0 unspecified atom stereocenters. The van der Waals surface area contributed by atoms with Crippen LogP contribution in [0.1, 0.15) is 12.5 Å². The lowest BCUT2D eigenvalue weighted by Gasteiger charge is -2.07. The van der Waals surface area contributed by atoms with E-state index in [0.29, 0.717) is 6.61 Å². The second kappa shape index (κ2) is 8.89. The fraction of sp³-hybridized carbons (Fsp3) is 0.188. The zero-order valence-electron chi connectivity index (χ0n) is 11.0. The summed E-state index contributed by atoms with van der Waals surface area (Å²) in [4.78, 5) is 10.1. The van der Waals surface area contributed by atoms with E-state index in [2.05, 4.69) is 6.58 Å². The molecule has 0 spiro atoms. The predicted molar refractivity (Wildman–Crippen MR) is 75.9 cm³/mol. The summed E-state index contributed by atoms with van der Waals surface area (Å²) in [5.74, 6) is 1.47. The minimum absolute atomic E-state index is 0.117. The number of hydrogen-bond donors (Lipinski definition) is 0. The fourth-order valence-corrected chi connectivity index (χ4v) is 1.42. The van der Waals surface area contributed by atoms with Crippen LogP contribution in [0.4, 0.5) is 0 Å². The number of ether oxygens (including phenoxy) is 2. The molecule has 1 aromatic rings. The Morgan fingerprint density at radius 3 is 2.63 bits per heavy atom. The van der Waals surface area contributed by atoms with Crippen molar-refractivity contribution in [2.45, 2.75) is 13.5 Å². The van der Waals surface area contributed by atoms with E-state index in [1.807, 2.05) is 43.3 Å². The maximum atomic E-state index is 10.1. The van der Waals surface area contributed by atoms with Gasteiger partial charge in [0.05, 0.1) is 6.61 Å². The minimum atomic E-state index is 0.117. The number of carbonyl (C=O) groups is 1. The molecular formula is C16H18O3. The Labute approximate surface area is 113 Å². The summed E-state index contributed by atoms with van der Waals surface area (Å²) in [7, 11) is 0. The van der Waals surface area contributed by atoms with Crippen molar-refractivity contribution in [1.82, 2.24) is 0 Å².